The molecule has 1 spiro atoms. The average molecular weight is 629 g/mol. The molecule has 3 fully saturated rings. The van der Waals surface area contributed by atoms with Crippen molar-refractivity contribution in [1.82, 2.24) is 4.90 Å². The minimum absolute atomic E-state index is 0.118. The van der Waals surface area contributed by atoms with Gasteiger partial charge in [-0.25, -0.2) is 0 Å². The number of carbonyl (C=O) groups excluding carboxylic acids is 3. The van der Waals surface area contributed by atoms with Crippen LogP contribution in [-0.4, -0.2) is 83.8 Å². The van der Waals surface area contributed by atoms with Crippen LogP contribution in [0.4, 0.5) is 17.1 Å². The monoisotopic (exact) mass is 628 g/mol. The molecule has 2 aromatic carbocycles. The standard InChI is InChI=1S/C37H48N4O5/c1-8-21-39(28-15-13-12-14-16-28)33(43)30-31-34(44)41(26(6)24-42)32(37(31)23-25(5)36(30,7)46-37)35(45)40(22-9-2)29-19-17-27(18-20-29)38(10-3)11-4/h8-9,12-20,25-26,30-32,42H,1-2,10-11,21-24H2,3-7H3/t25?,26-,30+,31+,32?,36-,37?/m1/s1. The second-order valence-corrected chi connectivity index (χ2v) is 13.0. The van der Waals surface area contributed by atoms with E-state index in [1.807, 2.05) is 68.4 Å². The molecule has 0 aliphatic carbocycles. The summed E-state index contributed by atoms with van der Waals surface area (Å²) in [5.41, 5.74) is 0.194. The Kier molecular flexibility index (Phi) is 9.47. The van der Waals surface area contributed by atoms with E-state index in [-0.39, 0.29) is 43.3 Å². The van der Waals surface area contributed by atoms with E-state index in [0.717, 1.165) is 18.8 Å². The summed E-state index contributed by atoms with van der Waals surface area (Å²) in [6, 6.07) is 15.4. The van der Waals surface area contributed by atoms with Gasteiger partial charge in [0.15, 0.2) is 0 Å². The maximum Gasteiger partial charge on any atom is 0.253 e. The Morgan fingerprint density at radius 3 is 2.07 bits per heavy atom. The molecular weight excluding hydrogens is 580 g/mol. The summed E-state index contributed by atoms with van der Waals surface area (Å²) in [4.78, 5) is 51.2. The van der Waals surface area contributed by atoms with E-state index in [9.17, 15) is 19.5 Å². The number of ether oxygens (including phenoxy) is 1. The van der Waals surface area contributed by atoms with Crippen molar-refractivity contribution in [2.75, 3.05) is 47.5 Å². The van der Waals surface area contributed by atoms with Gasteiger partial charge >= 0.3 is 0 Å². The highest BCUT2D eigenvalue weighted by molar-refractivity contribution is 6.07. The van der Waals surface area contributed by atoms with Crippen molar-refractivity contribution in [2.45, 2.75) is 64.3 Å². The van der Waals surface area contributed by atoms with E-state index in [4.69, 9.17) is 4.74 Å². The van der Waals surface area contributed by atoms with Crippen LogP contribution < -0.4 is 14.7 Å². The Bertz CT molecular complexity index is 1460. The molecule has 46 heavy (non-hydrogen) atoms. The van der Waals surface area contributed by atoms with E-state index in [0.29, 0.717) is 17.8 Å². The highest BCUT2D eigenvalue weighted by Crippen LogP contribution is 2.66. The first-order chi connectivity index (χ1) is 22.0. The number of hydrogen-bond acceptors (Lipinski definition) is 6. The molecule has 3 saturated heterocycles. The number of nitrogens with zero attached hydrogens (tertiary/aromatic N) is 4. The molecule has 2 aromatic rings. The van der Waals surface area contributed by atoms with E-state index in [1.54, 1.807) is 28.9 Å². The molecule has 3 aliphatic rings. The molecule has 0 radical (unpaired) electrons. The minimum Gasteiger partial charge on any atom is -0.394 e. The molecule has 246 valence electrons. The Balaban J connectivity index is 1.60. The normalized spacial score (nSPS) is 28.5. The largest absolute Gasteiger partial charge is 0.394 e. The number of para-hydroxylation sites is 1. The lowest BCUT2D eigenvalue weighted by Gasteiger charge is -2.39. The second kappa shape index (κ2) is 13.0. The van der Waals surface area contributed by atoms with E-state index >= 15 is 0 Å². The lowest BCUT2D eigenvalue weighted by atomic mass is 9.62. The SMILES string of the molecule is C=CCN(C(=O)C1N([C@H](C)CO)C(=O)[C@@H]2[C@@H](C(=O)N(CC=C)c3ccccc3)[C@]3(C)OC12CC3C)c1ccc(N(CC)CC)cc1. The zero-order valence-corrected chi connectivity index (χ0v) is 27.8. The van der Waals surface area contributed by atoms with Gasteiger partial charge in [-0.15, -0.1) is 13.2 Å². The molecule has 2 bridgehead atoms. The molecule has 5 rings (SSSR count). The fraction of sp³-hybridized carbons (Fsp3) is 0.486. The molecule has 3 unspecified atom stereocenters. The summed E-state index contributed by atoms with van der Waals surface area (Å²) >= 11 is 0. The fourth-order valence-electron chi connectivity index (χ4n) is 8.15. The van der Waals surface area contributed by atoms with Crippen molar-refractivity contribution < 1.29 is 24.2 Å². The van der Waals surface area contributed by atoms with Crippen LogP contribution in [0, 0.1) is 17.8 Å². The first kappa shape index (κ1) is 33.4. The third kappa shape index (κ3) is 5.14. The molecule has 3 aliphatic heterocycles. The number of benzene rings is 2. The number of aliphatic hydroxyl groups excluding tert-OH is 1. The van der Waals surface area contributed by atoms with Crippen molar-refractivity contribution in [3.8, 4) is 0 Å². The zero-order chi connectivity index (χ0) is 33.4. The summed E-state index contributed by atoms with van der Waals surface area (Å²) < 4.78 is 6.96. The number of likely N-dealkylation sites (tertiary alicyclic amines) is 1. The van der Waals surface area contributed by atoms with Gasteiger partial charge in [0.25, 0.3) is 5.91 Å². The molecule has 1 N–H and O–H groups in total. The first-order valence-corrected chi connectivity index (χ1v) is 16.4. The van der Waals surface area contributed by atoms with Gasteiger partial charge in [-0.3, -0.25) is 14.4 Å². The smallest absolute Gasteiger partial charge is 0.253 e. The number of amides is 3. The molecule has 9 nitrogen and oxygen atoms in total. The summed E-state index contributed by atoms with van der Waals surface area (Å²) in [6.07, 6.45) is 3.77. The fourth-order valence-corrected chi connectivity index (χ4v) is 8.15. The van der Waals surface area contributed by atoms with Crippen molar-refractivity contribution in [3.05, 3.63) is 79.9 Å². The predicted octanol–water partition coefficient (Wildman–Crippen LogP) is 4.66. The van der Waals surface area contributed by atoms with Crippen molar-refractivity contribution in [3.63, 3.8) is 0 Å². The van der Waals surface area contributed by atoms with Gasteiger partial charge in [0.05, 0.1) is 30.1 Å². The number of anilines is 3. The maximum atomic E-state index is 14.9. The highest BCUT2D eigenvalue weighted by Gasteiger charge is 2.80. The molecule has 0 saturated carbocycles. The molecular formula is C37H48N4O5. The van der Waals surface area contributed by atoms with Gasteiger partial charge < -0.3 is 29.4 Å². The van der Waals surface area contributed by atoms with Crippen LogP contribution in [0.2, 0.25) is 0 Å². The van der Waals surface area contributed by atoms with Gasteiger partial charge in [0, 0.05) is 43.2 Å². The first-order valence-electron chi connectivity index (χ1n) is 16.4. The third-order valence-corrected chi connectivity index (χ3v) is 10.5. The third-order valence-electron chi connectivity index (χ3n) is 10.5. The Hall–Kier alpha value is -3.95. The Morgan fingerprint density at radius 1 is 0.978 bits per heavy atom. The molecule has 9 heteroatoms. The minimum atomic E-state index is -1.25. The van der Waals surface area contributed by atoms with Crippen LogP contribution in [0.3, 0.4) is 0 Å². The highest BCUT2D eigenvalue weighted by atomic mass is 16.5. The van der Waals surface area contributed by atoms with Crippen molar-refractivity contribution >= 4 is 34.8 Å². The lowest BCUT2D eigenvalue weighted by molar-refractivity contribution is -0.148. The van der Waals surface area contributed by atoms with Crippen LogP contribution in [0.25, 0.3) is 0 Å². The van der Waals surface area contributed by atoms with Crippen LogP contribution in [-0.2, 0) is 19.1 Å². The summed E-state index contributed by atoms with van der Waals surface area (Å²) in [5, 5.41) is 10.3. The lowest BCUT2D eigenvalue weighted by Crippen LogP contribution is -2.58. The summed E-state index contributed by atoms with van der Waals surface area (Å²) in [6.45, 7) is 19.5. The number of fused-ring (bicyclic) bond motifs is 1. The van der Waals surface area contributed by atoms with Crippen molar-refractivity contribution in [1.29, 1.82) is 0 Å². The van der Waals surface area contributed by atoms with Gasteiger partial charge in [0.1, 0.15) is 11.6 Å². The van der Waals surface area contributed by atoms with Crippen LogP contribution >= 0.6 is 0 Å². The number of aliphatic hydroxyl groups is 1. The Labute approximate surface area is 273 Å². The van der Waals surface area contributed by atoms with E-state index < -0.39 is 35.1 Å². The van der Waals surface area contributed by atoms with Gasteiger partial charge in [-0.05, 0) is 76.4 Å². The average Bonchev–Trinajstić information content (AvgIpc) is 3.59. The van der Waals surface area contributed by atoms with Gasteiger partial charge in [0.2, 0.25) is 11.8 Å². The van der Waals surface area contributed by atoms with E-state index in [1.165, 1.54) is 4.90 Å². The summed E-state index contributed by atoms with van der Waals surface area (Å²) in [7, 11) is 0. The van der Waals surface area contributed by atoms with Crippen LogP contribution in [0.5, 0.6) is 0 Å². The maximum absolute atomic E-state index is 14.9. The van der Waals surface area contributed by atoms with Crippen molar-refractivity contribution in [2.24, 2.45) is 17.8 Å². The van der Waals surface area contributed by atoms with Crippen LogP contribution in [0.15, 0.2) is 79.9 Å². The molecule has 0 aromatic heterocycles. The Morgan fingerprint density at radius 2 is 1.52 bits per heavy atom. The quantitative estimate of drug-likeness (QED) is 0.325. The van der Waals surface area contributed by atoms with E-state index in [2.05, 4.69) is 31.9 Å². The molecule has 3 heterocycles. The number of rotatable bonds is 13. The zero-order valence-electron chi connectivity index (χ0n) is 27.8. The summed E-state index contributed by atoms with van der Waals surface area (Å²) in [5.74, 6) is -2.74. The van der Waals surface area contributed by atoms with Gasteiger partial charge in [-0.1, -0.05) is 37.3 Å². The van der Waals surface area contributed by atoms with Crippen LogP contribution in [0.1, 0.15) is 41.0 Å². The molecule has 7 atom stereocenters. The predicted molar refractivity (Wildman–Crippen MR) is 182 cm³/mol. The molecule has 3 amide bonds. The number of hydrogen-bond donors (Lipinski definition) is 1. The number of carbonyl (C=O) groups is 3. The second-order valence-electron chi connectivity index (χ2n) is 13.0. The van der Waals surface area contributed by atoms with Gasteiger partial charge in [-0.2, -0.15) is 0 Å². The topological polar surface area (TPSA) is 93.6 Å².